The van der Waals surface area contributed by atoms with E-state index in [0.29, 0.717) is 16.3 Å². The van der Waals surface area contributed by atoms with E-state index in [1.54, 1.807) is 37.3 Å². The first kappa shape index (κ1) is 18.8. The molecule has 0 bridgehead atoms. The van der Waals surface area contributed by atoms with Gasteiger partial charge in [-0.2, -0.15) is 0 Å². The molecule has 24 heavy (non-hydrogen) atoms. The summed E-state index contributed by atoms with van der Waals surface area (Å²) >= 11 is 7.45. The number of sulfonamides is 1. The van der Waals surface area contributed by atoms with E-state index in [1.807, 2.05) is 18.2 Å². The van der Waals surface area contributed by atoms with Gasteiger partial charge in [0.1, 0.15) is 0 Å². The Morgan fingerprint density at radius 2 is 1.96 bits per heavy atom. The molecule has 2 rings (SSSR count). The van der Waals surface area contributed by atoms with E-state index in [-0.39, 0.29) is 16.9 Å². The van der Waals surface area contributed by atoms with Crippen molar-refractivity contribution in [1.29, 1.82) is 0 Å². The van der Waals surface area contributed by atoms with E-state index in [4.69, 9.17) is 16.7 Å². The predicted molar refractivity (Wildman–Crippen MR) is 98.7 cm³/mol. The number of nitrogens with two attached hydrogens (primary N) is 1. The van der Waals surface area contributed by atoms with Crippen LogP contribution in [0.5, 0.6) is 0 Å². The summed E-state index contributed by atoms with van der Waals surface area (Å²) in [6.07, 6.45) is 0. The summed E-state index contributed by atoms with van der Waals surface area (Å²) in [6, 6.07) is 13.9. The van der Waals surface area contributed by atoms with Gasteiger partial charge in [-0.05, 0) is 36.8 Å². The molecule has 128 valence electrons. The van der Waals surface area contributed by atoms with Crippen molar-refractivity contribution in [3.8, 4) is 0 Å². The van der Waals surface area contributed by atoms with Gasteiger partial charge in [-0.3, -0.25) is 4.79 Å². The van der Waals surface area contributed by atoms with Gasteiger partial charge in [0.25, 0.3) is 0 Å². The fraction of sp³-hybridized carbons (Fsp3) is 0.188. The second kappa shape index (κ2) is 8.02. The summed E-state index contributed by atoms with van der Waals surface area (Å²) in [4.78, 5) is 13.1. The van der Waals surface area contributed by atoms with Crippen LogP contribution in [0.3, 0.4) is 0 Å². The predicted octanol–water partition coefficient (Wildman–Crippen LogP) is 3.25. The number of amides is 1. The average molecular weight is 385 g/mol. The van der Waals surface area contributed by atoms with Crippen molar-refractivity contribution < 1.29 is 13.2 Å². The lowest BCUT2D eigenvalue weighted by Crippen LogP contribution is -2.22. The molecule has 0 saturated heterocycles. The molecule has 0 aromatic heterocycles. The van der Waals surface area contributed by atoms with Crippen LogP contribution in [0.25, 0.3) is 0 Å². The van der Waals surface area contributed by atoms with Crippen molar-refractivity contribution in [3.05, 3.63) is 59.1 Å². The number of hydrogen-bond donors (Lipinski definition) is 2. The molecule has 0 aliphatic heterocycles. The molecule has 1 amide bonds. The first-order valence-electron chi connectivity index (χ1n) is 7.06. The third kappa shape index (κ3) is 5.83. The van der Waals surface area contributed by atoms with Crippen molar-refractivity contribution in [2.75, 3.05) is 5.32 Å². The quantitative estimate of drug-likeness (QED) is 0.748. The first-order valence-corrected chi connectivity index (χ1v) is 10.0. The molecule has 0 radical (unpaired) electrons. The molecule has 5 nitrogen and oxygen atoms in total. The Morgan fingerprint density at radius 3 is 2.62 bits per heavy atom. The zero-order chi connectivity index (χ0) is 17.7. The van der Waals surface area contributed by atoms with E-state index in [2.05, 4.69) is 5.32 Å². The van der Waals surface area contributed by atoms with Gasteiger partial charge in [0, 0.05) is 10.6 Å². The lowest BCUT2D eigenvalue weighted by Gasteiger charge is -2.13. The Bertz CT molecular complexity index is 841. The topological polar surface area (TPSA) is 89.3 Å². The number of carbonyl (C=O) groups is 1. The van der Waals surface area contributed by atoms with Crippen molar-refractivity contribution in [2.45, 2.75) is 22.8 Å². The highest BCUT2D eigenvalue weighted by Crippen LogP contribution is 2.30. The molecule has 0 fully saturated rings. The van der Waals surface area contributed by atoms with Crippen LogP contribution in [0.4, 0.5) is 5.69 Å². The summed E-state index contributed by atoms with van der Waals surface area (Å²) in [7, 11) is -3.62. The molecule has 2 aromatic carbocycles. The standard InChI is InChI=1S/C16H17ClN2O3S2/c1-11(23-15-8-3-2-7-14(15)17)16(20)19-13-6-4-5-12(9-13)10-24(18,21)22/h2-9,11H,10H2,1H3,(H,19,20)(H2,18,21,22). The van der Waals surface area contributed by atoms with Gasteiger partial charge in [0.15, 0.2) is 0 Å². The van der Waals surface area contributed by atoms with Crippen LogP contribution in [0.1, 0.15) is 12.5 Å². The van der Waals surface area contributed by atoms with E-state index in [1.165, 1.54) is 11.8 Å². The molecule has 0 saturated carbocycles. The summed E-state index contributed by atoms with van der Waals surface area (Å²) < 4.78 is 22.3. The second-order valence-electron chi connectivity index (χ2n) is 5.19. The number of primary sulfonamides is 1. The Hall–Kier alpha value is -1.54. The molecule has 1 unspecified atom stereocenters. The maximum atomic E-state index is 12.3. The van der Waals surface area contributed by atoms with Crippen LogP contribution in [0.2, 0.25) is 5.02 Å². The van der Waals surface area contributed by atoms with E-state index in [9.17, 15) is 13.2 Å². The Kier molecular flexibility index (Phi) is 6.28. The van der Waals surface area contributed by atoms with Gasteiger partial charge in [0.2, 0.25) is 15.9 Å². The molecule has 1 atom stereocenters. The molecule has 8 heteroatoms. The lowest BCUT2D eigenvalue weighted by molar-refractivity contribution is -0.115. The smallest absolute Gasteiger partial charge is 0.237 e. The summed E-state index contributed by atoms with van der Waals surface area (Å²) in [5.41, 5.74) is 1.04. The summed E-state index contributed by atoms with van der Waals surface area (Å²) in [6.45, 7) is 1.78. The number of carbonyl (C=O) groups excluding carboxylic acids is 1. The van der Waals surface area contributed by atoms with Crippen molar-refractivity contribution in [3.63, 3.8) is 0 Å². The maximum absolute atomic E-state index is 12.3. The van der Waals surface area contributed by atoms with Gasteiger partial charge >= 0.3 is 0 Å². The molecular formula is C16H17ClN2O3S2. The normalized spacial score (nSPS) is 12.6. The molecule has 0 aliphatic carbocycles. The van der Waals surface area contributed by atoms with Crippen LogP contribution in [0.15, 0.2) is 53.4 Å². The number of nitrogens with one attached hydrogen (secondary N) is 1. The first-order chi connectivity index (χ1) is 11.2. The van der Waals surface area contributed by atoms with E-state index in [0.717, 1.165) is 4.90 Å². The van der Waals surface area contributed by atoms with Crippen molar-refractivity contribution in [2.24, 2.45) is 5.14 Å². The molecular weight excluding hydrogens is 368 g/mol. The second-order valence-corrected chi connectivity index (χ2v) is 8.59. The van der Waals surface area contributed by atoms with Gasteiger partial charge in [-0.25, -0.2) is 13.6 Å². The highest BCUT2D eigenvalue weighted by atomic mass is 35.5. The number of halogens is 1. The highest BCUT2D eigenvalue weighted by Gasteiger charge is 2.16. The molecule has 2 aromatic rings. The molecule has 3 N–H and O–H groups in total. The lowest BCUT2D eigenvalue weighted by atomic mass is 10.2. The largest absolute Gasteiger partial charge is 0.325 e. The summed E-state index contributed by atoms with van der Waals surface area (Å²) in [5.74, 6) is -0.478. The third-order valence-corrected chi connectivity index (χ3v) is 5.43. The van der Waals surface area contributed by atoms with Crippen LogP contribution in [-0.4, -0.2) is 19.6 Å². The van der Waals surface area contributed by atoms with Crippen molar-refractivity contribution in [1.82, 2.24) is 0 Å². The average Bonchev–Trinajstić information content (AvgIpc) is 2.48. The van der Waals surface area contributed by atoms with Gasteiger partial charge < -0.3 is 5.32 Å². The molecule has 0 heterocycles. The number of rotatable bonds is 6. The fourth-order valence-corrected chi connectivity index (χ4v) is 3.80. The SMILES string of the molecule is CC(Sc1ccccc1Cl)C(=O)Nc1cccc(CS(N)(=O)=O)c1. The minimum Gasteiger partial charge on any atom is -0.325 e. The highest BCUT2D eigenvalue weighted by molar-refractivity contribution is 8.00. The minimum absolute atomic E-state index is 0.201. The van der Waals surface area contributed by atoms with Crippen LogP contribution in [-0.2, 0) is 20.6 Å². The third-order valence-electron chi connectivity index (χ3n) is 3.07. The number of benzene rings is 2. The minimum atomic E-state index is -3.62. The van der Waals surface area contributed by atoms with Crippen LogP contribution >= 0.6 is 23.4 Å². The zero-order valence-electron chi connectivity index (χ0n) is 12.9. The van der Waals surface area contributed by atoms with Gasteiger partial charge in [0.05, 0.1) is 16.0 Å². The Labute approximate surface area is 150 Å². The van der Waals surface area contributed by atoms with Crippen molar-refractivity contribution >= 4 is 45.0 Å². The molecule has 0 aliphatic rings. The van der Waals surface area contributed by atoms with Crippen LogP contribution < -0.4 is 10.5 Å². The van der Waals surface area contributed by atoms with E-state index >= 15 is 0 Å². The zero-order valence-corrected chi connectivity index (χ0v) is 15.3. The number of thioether (sulfide) groups is 1. The Balaban J connectivity index is 2.04. The number of hydrogen-bond acceptors (Lipinski definition) is 4. The monoisotopic (exact) mass is 384 g/mol. The maximum Gasteiger partial charge on any atom is 0.237 e. The van der Waals surface area contributed by atoms with Gasteiger partial charge in [-0.15, -0.1) is 11.8 Å². The number of anilines is 1. The Morgan fingerprint density at radius 1 is 1.25 bits per heavy atom. The van der Waals surface area contributed by atoms with E-state index < -0.39 is 10.0 Å². The molecule has 0 spiro atoms. The fourth-order valence-electron chi connectivity index (χ4n) is 2.00. The van der Waals surface area contributed by atoms with Gasteiger partial charge in [-0.1, -0.05) is 35.9 Å². The summed E-state index contributed by atoms with van der Waals surface area (Å²) in [5, 5.41) is 8.03. The van der Waals surface area contributed by atoms with Crippen LogP contribution in [0, 0.1) is 0 Å².